The van der Waals surface area contributed by atoms with Gasteiger partial charge in [0.2, 0.25) is 0 Å². The Balaban J connectivity index is 1.47. The fourth-order valence-electron chi connectivity index (χ4n) is 9.61. The van der Waals surface area contributed by atoms with Crippen LogP contribution in [0.5, 0.6) is 0 Å². The molecule has 5 fully saturated rings. The number of hydrogen-bond donors (Lipinski definition) is 3. The van der Waals surface area contributed by atoms with Crippen LogP contribution in [0.25, 0.3) is 0 Å². The lowest BCUT2D eigenvalue weighted by Crippen LogP contribution is -2.67. The molecule has 1 spiro atoms. The van der Waals surface area contributed by atoms with Crippen LogP contribution in [0.4, 0.5) is 0 Å². The zero-order valence-corrected chi connectivity index (χ0v) is 21.8. The Morgan fingerprint density at radius 1 is 1.18 bits per heavy atom. The first-order valence-corrected chi connectivity index (χ1v) is 13.9. The van der Waals surface area contributed by atoms with E-state index in [4.69, 9.17) is 16.3 Å². The number of hydrogen-bond acceptors (Lipinski definition) is 4. The van der Waals surface area contributed by atoms with E-state index in [0.29, 0.717) is 37.2 Å². The Bertz CT molecular complexity index is 797. The summed E-state index contributed by atoms with van der Waals surface area (Å²) in [6, 6.07) is 0. The quantitative estimate of drug-likeness (QED) is 0.379. The second-order valence-corrected chi connectivity index (χ2v) is 13.8. The van der Waals surface area contributed by atoms with Crippen LogP contribution in [0.2, 0.25) is 0 Å². The molecular weight excluding hydrogens is 436 g/mol. The highest BCUT2D eigenvalue weighted by atomic mass is 35.5. The highest BCUT2D eigenvalue weighted by molar-refractivity contribution is 6.21. The van der Waals surface area contributed by atoms with Crippen LogP contribution in [0.3, 0.4) is 0 Å². The highest BCUT2D eigenvalue weighted by Crippen LogP contribution is 2.75. The minimum absolute atomic E-state index is 0.00728. The molecule has 4 saturated carbocycles. The van der Waals surface area contributed by atoms with Crippen LogP contribution < -0.4 is 0 Å². The van der Waals surface area contributed by atoms with Crippen LogP contribution >= 0.6 is 11.6 Å². The third kappa shape index (κ3) is 3.30. The van der Waals surface area contributed by atoms with Crippen LogP contribution in [0, 0.1) is 40.4 Å². The minimum Gasteiger partial charge on any atom is -0.393 e. The second kappa shape index (κ2) is 7.93. The molecular formula is C28H45ClO4. The monoisotopic (exact) mass is 480 g/mol. The van der Waals surface area contributed by atoms with Crippen LogP contribution in [0.15, 0.2) is 12.2 Å². The van der Waals surface area contributed by atoms with Gasteiger partial charge in [0, 0.05) is 11.3 Å². The van der Waals surface area contributed by atoms with Crippen LogP contribution in [-0.4, -0.2) is 50.7 Å². The van der Waals surface area contributed by atoms with Crippen LogP contribution in [-0.2, 0) is 4.74 Å². The molecule has 0 radical (unpaired) electrons. The molecule has 2 bridgehead atoms. The molecule has 0 aromatic rings. The lowest BCUT2D eigenvalue weighted by Gasteiger charge is -2.64. The molecule has 1 aliphatic heterocycles. The van der Waals surface area contributed by atoms with E-state index in [9.17, 15) is 15.3 Å². The van der Waals surface area contributed by atoms with E-state index in [1.165, 1.54) is 5.57 Å². The maximum absolute atomic E-state index is 11.8. The average molecular weight is 481 g/mol. The maximum Gasteiger partial charge on any atom is 0.0937 e. The standard InChI is InChI=1S/C28H45ClO4/c1-16(2)17(3)6-10-26(5,32)22-14-20(31)24-27(22)11-8-21-25(4)9-7-19(30)12-18(25)13-23(29)28(21,24)33-15-27/h16,18-24,30-32H,3,6-15H2,1-2,4-5H3. The Labute approximate surface area is 205 Å². The Hall–Kier alpha value is -0.130. The first kappa shape index (κ1) is 24.6. The van der Waals surface area contributed by atoms with Gasteiger partial charge in [0.1, 0.15) is 0 Å². The van der Waals surface area contributed by atoms with Crippen molar-refractivity contribution in [3.8, 4) is 0 Å². The number of aliphatic hydroxyl groups excluding tert-OH is 2. The molecule has 0 aromatic heterocycles. The predicted molar refractivity (Wildman–Crippen MR) is 131 cm³/mol. The Morgan fingerprint density at radius 3 is 2.61 bits per heavy atom. The van der Waals surface area contributed by atoms with Crippen molar-refractivity contribution in [3.63, 3.8) is 0 Å². The Kier molecular flexibility index (Phi) is 5.90. The Morgan fingerprint density at radius 2 is 1.91 bits per heavy atom. The van der Waals surface area contributed by atoms with Crippen LogP contribution in [0.1, 0.15) is 85.5 Å². The molecule has 4 aliphatic carbocycles. The highest BCUT2D eigenvalue weighted by Gasteiger charge is 2.78. The summed E-state index contributed by atoms with van der Waals surface area (Å²) in [5.41, 5.74) is -0.316. The SMILES string of the molecule is C=C(CCC(C)(O)C1CC(O)C2C13CCC1C4(C)CCC(O)CC4CC(Cl)C12OC3)C(C)C. The van der Waals surface area contributed by atoms with Gasteiger partial charge in [0.15, 0.2) is 0 Å². The molecule has 5 heteroatoms. The molecule has 5 rings (SSSR count). The summed E-state index contributed by atoms with van der Waals surface area (Å²) in [5.74, 6) is 1.12. The van der Waals surface area contributed by atoms with Crippen molar-refractivity contribution in [1.29, 1.82) is 0 Å². The number of aliphatic hydroxyl groups is 3. The normalized spacial score (nSPS) is 52.7. The number of alkyl halides is 1. The van der Waals surface area contributed by atoms with Gasteiger partial charge in [-0.05, 0) is 93.8 Å². The van der Waals surface area contributed by atoms with Gasteiger partial charge in [-0.3, -0.25) is 0 Å². The summed E-state index contributed by atoms with van der Waals surface area (Å²) in [6.07, 6.45) is 6.98. The minimum atomic E-state index is -0.868. The molecule has 1 heterocycles. The van der Waals surface area contributed by atoms with Crippen molar-refractivity contribution >= 4 is 11.6 Å². The van der Waals surface area contributed by atoms with E-state index in [2.05, 4.69) is 27.4 Å². The molecule has 11 atom stereocenters. The third-order valence-corrected chi connectivity index (χ3v) is 12.0. The fourth-order valence-corrected chi connectivity index (χ4v) is 10.2. The molecule has 3 N–H and O–H groups in total. The van der Waals surface area contributed by atoms with E-state index < -0.39 is 17.3 Å². The van der Waals surface area contributed by atoms with Gasteiger partial charge >= 0.3 is 0 Å². The number of fused-ring (bicyclic) bond motifs is 2. The zero-order valence-electron chi connectivity index (χ0n) is 21.0. The van der Waals surface area contributed by atoms with Crippen molar-refractivity contribution in [2.24, 2.45) is 40.4 Å². The topological polar surface area (TPSA) is 69.9 Å². The second-order valence-electron chi connectivity index (χ2n) is 13.3. The van der Waals surface area contributed by atoms with Crippen molar-refractivity contribution in [2.45, 2.75) is 114 Å². The van der Waals surface area contributed by atoms with E-state index in [-0.39, 0.29) is 34.1 Å². The van der Waals surface area contributed by atoms with Gasteiger partial charge in [-0.2, -0.15) is 0 Å². The number of rotatable bonds is 5. The predicted octanol–water partition coefficient (Wildman–Crippen LogP) is 5.07. The first-order valence-electron chi connectivity index (χ1n) is 13.4. The van der Waals surface area contributed by atoms with Gasteiger partial charge in [-0.25, -0.2) is 0 Å². The molecule has 1 saturated heterocycles. The van der Waals surface area contributed by atoms with Crippen molar-refractivity contribution in [1.82, 2.24) is 0 Å². The first-order chi connectivity index (χ1) is 15.4. The van der Waals surface area contributed by atoms with Gasteiger partial charge in [0.05, 0.1) is 35.4 Å². The summed E-state index contributed by atoms with van der Waals surface area (Å²) in [6.45, 7) is 13.5. The molecule has 33 heavy (non-hydrogen) atoms. The molecule has 4 nitrogen and oxygen atoms in total. The molecule has 188 valence electrons. The molecule has 5 aliphatic rings. The molecule has 11 unspecified atom stereocenters. The largest absolute Gasteiger partial charge is 0.393 e. The van der Waals surface area contributed by atoms with E-state index in [0.717, 1.165) is 44.9 Å². The zero-order chi connectivity index (χ0) is 24.0. The fraction of sp³-hybridized carbons (Fsp3) is 0.929. The molecule has 0 aromatic carbocycles. The number of halogens is 1. The number of ether oxygens (including phenoxy) is 1. The van der Waals surface area contributed by atoms with E-state index in [1.54, 1.807) is 0 Å². The van der Waals surface area contributed by atoms with Crippen molar-refractivity contribution in [2.75, 3.05) is 6.61 Å². The number of allylic oxidation sites excluding steroid dienone is 1. The van der Waals surface area contributed by atoms with E-state index in [1.807, 2.05) is 6.92 Å². The summed E-state index contributed by atoms with van der Waals surface area (Å²) >= 11 is 7.24. The third-order valence-electron chi connectivity index (χ3n) is 11.5. The lowest BCUT2D eigenvalue weighted by atomic mass is 9.43. The summed E-state index contributed by atoms with van der Waals surface area (Å²) in [4.78, 5) is 0. The summed E-state index contributed by atoms with van der Waals surface area (Å²) in [5, 5.41) is 33.6. The summed E-state index contributed by atoms with van der Waals surface area (Å²) < 4.78 is 6.86. The smallest absolute Gasteiger partial charge is 0.0937 e. The van der Waals surface area contributed by atoms with Crippen molar-refractivity contribution < 1.29 is 20.1 Å². The summed E-state index contributed by atoms with van der Waals surface area (Å²) in [7, 11) is 0. The maximum atomic E-state index is 11.8. The van der Waals surface area contributed by atoms with Gasteiger partial charge in [-0.15, -0.1) is 11.6 Å². The average Bonchev–Trinajstić information content (AvgIpc) is 3.18. The van der Waals surface area contributed by atoms with Gasteiger partial charge in [-0.1, -0.05) is 32.9 Å². The van der Waals surface area contributed by atoms with Crippen molar-refractivity contribution in [3.05, 3.63) is 12.2 Å². The molecule has 0 amide bonds. The lowest BCUT2D eigenvalue weighted by molar-refractivity contribution is -0.198. The van der Waals surface area contributed by atoms with Gasteiger partial charge in [0.25, 0.3) is 0 Å². The van der Waals surface area contributed by atoms with Gasteiger partial charge < -0.3 is 20.1 Å². The van der Waals surface area contributed by atoms with E-state index >= 15 is 0 Å².